The first-order chi connectivity index (χ1) is 9.29. The van der Waals surface area contributed by atoms with E-state index in [2.05, 4.69) is 10.5 Å². The Balaban J connectivity index is 3.29. The molecule has 20 heavy (non-hydrogen) atoms. The fourth-order valence-corrected chi connectivity index (χ4v) is 1.83. The number of rotatable bonds is 5. The summed E-state index contributed by atoms with van der Waals surface area (Å²) < 4.78 is 36.4. The smallest absolute Gasteiger partial charge is 0.296 e. The number of nitrogens with two attached hydrogens (primary N) is 1. The van der Waals surface area contributed by atoms with Crippen molar-refractivity contribution in [2.75, 3.05) is 12.5 Å². The van der Waals surface area contributed by atoms with Gasteiger partial charge in [-0.2, -0.15) is 18.8 Å². The van der Waals surface area contributed by atoms with Crippen molar-refractivity contribution in [1.82, 2.24) is 0 Å². The van der Waals surface area contributed by atoms with E-state index in [9.17, 15) is 8.42 Å². The lowest BCUT2D eigenvalue weighted by Gasteiger charge is -2.08. The first-order valence-corrected chi connectivity index (χ1v) is 6.47. The quantitative estimate of drug-likeness (QED) is 0.260. The van der Waals surface area contributed by atoms with E-state index in [-0.39, 0.29) is 5.69 Å². The van der Waals surface area contributed by atoms with Crippen molar-refractivity contribution in [1.29, 1.82) is 10.7 Å². The maximum absolute atomic E-state index is 11.2. The van der Waals surface area contributed by atoms with Crippen LogP contribution in [-0.4, -0.2) is 31.6 Å². The van der Waals surface area contributed by atoms with Crippen LogP contribution in [0.4, 0.5) is 5.69 Å². The molecule has 106 valence electrons. The largest absolute Gasteiger partial charge is 0.497 e. The summed E-state index contributed by atoms with van der Waals surface area (Å²) in [6, 6.07) is 5.24. The second-order valence-electron chi connectivity index (χ2n) is 3.43. The number of nitrogens with zero attached hydrogens (tertiary/aromatic N) is 2. The SMILES string of the molecule is COc1ccc(S(=O)(=O)O)c(N/N=C(\C#N)C(=N)N)c1. The number of ether oxygens (including phenoxy) is 1. The molecule has 0 unspecified atom stereocenters. The van der Waals surface area contributed by atoms with E-state index in [1.807, 2.05) is 0 Å². The Morgan fingerprint density at radius 1 is 1.60 bits per heavy atom. The van der Waals surface area contributed by atoms with Crippen LogP contribution in [-0.2, 0) is 10.1 Å². The van der Waals surface area contributed by atoms with Gasteiger partial charge in [-0.05, 0) is 12.1 Å². The second kappa shape index (κ2) is 6.00. The topological polar surface area (TPSA) is 162 Å². The highest BCUT2D eigenvalue weighted by atomic mass is 32.2. The number of hydrogen-bond acceptors (Lipinski definition) is 7. The highest BCUT2D eigenvalue weighted by molar-refractivity contribution is 7.86. The molecule has 0 saturated carbocycles. The first-order valence-electron chi connectivity index (χ1n) is 5.03. The normalized spacial score (nSPS) is 11.6. The number of methoxy groups -OCH3 is 1. The van der Waals surface area contributed by atoms with Gasteiger partial charge in [-0.25, -0.2) is 0 Å². The molecular weight excluding hydrogens is 286 g/mol. The lowest BCUT2D eigenvalue weighted by Crippen LogP contribution is -2.22. The Labute approximate surface area is 114 Å². The van der Waals surface area contributed by atoms with Crippen LogP contribution in [0.5, 0.6) is 5.75 Å². The molecule has 0 aliphatic heterocycles. The van der Waals surface area contributed by atoms with Gasteiger partial charge in [-0.3, -0.25) is 15.4 Å². The van der Waals surface area contributed by atoms with Crippen LogP contribution in [0.15, 0.2) is 28.2 Å². The van der Waals surface area contributed by atoms with Crippen LogP contribution in [0.1, 0.15) is 0 Å². The Morgan fingerprint density at radius 3 is 2.70 bits per heavy atom. The summed E-state index contributed by atoms with van der Waals surface area (Å²) in [5.74, 6) is -0.285. The van der Waals surface area contributed by atoms with Crippen LogP contribution >= 0.6 is 0 Å². The second-order valence-corrected chi connectivity index (χ2v) is 4.82. The van der Waals surface area contributed by atoms with Crippen LogP contribution in [0, 0.1) is 16.7 Å². The molecule has 10 heteroatoms. The van der Waals surface area contributed by atoms with Crippen molar-refractivity contribution in [3.63, 3.8) is 0 Å². The average molecular weight is 297 g/mol. The molecule has 0 radical (unpaired) electrons. The molecule has 1 aromatic rings. The predicted molar refractivity (Wildman–Crippen MR) is 71.4 cm³/mol. The van der Waals surface area contributed by atoms with Gasteiger partial charge < -0.3 is 10.5 Å². The number of hydrogen-bond donors (Lipinski definition) is 4. The number of benzene rings is 1. The number of nitriles is 1. The zero-order chi connectivity index (χ0) is 15.3. The van der Waals surface area contributed by atoms with Gasteiger partial charge >= 0.3 is 0 Å². The highest BCUT2D eigenvalue weighted by Crippen LogP contribution is 2.26. The van der Waals surface area contributed by atoms with E-state index in [0.29, 0.717) is 5.75 Å². The van der Waals surface area contributed by atoms with Gasteiger partial charge in [0.25, 0.3) is 10.1 Å². The molecule has 0 aromatic heterocycles. The third-order valence-electron chi connectivity index (χ3n) is 2.11. The minimum absolute atomic E-state index is 0.124. The lowest BCUT2D eigenvalue weighted by atomic mass is 10.3. The molecule has 0 aliphatic carbocycles. The fourth-order valence-electron chi connectivity index (χ4n) is 1.21. The Hall–Kier alpha value is -2.64. The summed E-state index contributed by atoms with van der Waals surface area (Å²) in [5.41, 5.74) is 6.78. The van der Waals surface area contributed by atoms with Gasteiger partial charge in [0.15, 0.2) is 5.84 Å². The molecule has 0 saturated heterocycles. The average Bonchev–Trinajstić information content (AvgIpc) is 2.37. The Morgan fingerprint density at radius 2 is 2.25 bits per heavy atom. The predicted octanol–water partition coefficient (Wildman–Crippen LogP) is 0.169. The lowest BCUT2D eigenvalue weighted by molar-refractivity contribution is 0.414. The zero-order valence-corrected chi connectivity index (χ0v) is 11.1. The van der Waals surface area contributed by atoms with Crippen molar-refractivity contribution in [2.24, 2.45) is 10.8 Å². The summed E-state index contributed by atoms with van der Waals surface area (Å²) in [6.07, 6.45) is 0. The van der Waals surface area contributed by atoms with Crippen LogP contribution in [0.25, 0.3) is 0 Å². The van der Waals surface area contributed by atoms with Gasteiger partial charge in [-0.15, -0.1) is 0 Å². The molecule has 5 N–H and O–H groups in total. The summed E-state index contributed by atoms with van der Waals surface area (Å²) in [5, 5.41) is 19.2. The molecule has 0 fully saturated rings. The Kier molecular flexibility index (Phi) is 4.63. The third-order valence-corrected chi connectivity index (χ3v) is 3.03. The summed E-state index contributed by atoms with van der Waals surface area (Å²) in [6.45, 7) is 0. The molecular formula is C10H11N5O4S. The van der Waals surface area contributed by atoms with Gasteiger partial charge in [0.1, 0.15) is 16.7 Å². The molecule has 0 amide bonds. The minimum Gasteiger partial charge on any atom is -0.497 e. The molecule has 0 bridgehead atoms. The van der Waals surface area contributed by atoms with Crippen LogP contribution < -0.4 is 15.9 Å². The van der Waals surface area contributed by atoms with E-state index in [1.54, 1.807) is 6.07 Å². The third kappa shape index (κ3) is 3.67. The molecule has 1 rings (SSSR count). The highest BCUT2D eigenvalue weighted by Gasteiger charge is 2.16. The van der Waals surface area contributed by atoms with Gasteiger partial charge in [0, 0.05) is 6.07 Å². The molecule has 9 nitrogen and oxygen atoms in total. The van der Waals surface area contributed by atoms with Crippen molar-refractivity contribution in [3.05, 3.63) is 18.2 Å². The van der Waals surface area contributed by atoms with Gasteiger partial charge in [0.2, 0.25) is 5.71 Å². The van der Waals surface area contributed by atoms with E-state index in [4.69, 9.17) is 25.7 Å². The zero-order valence-electron chi connectivity index (χ0n) is 10.3. The van der Waals surface area contributed by atoms with Crippen molar-refractivity contribution in [3.8, 4) is 11.8 Å². The van der Waals surface area contributed by atoms with E-state index < -0.39 is 26.6 Å². The molecule has 0 atom stereocenters. The van der Waals surface area contributed by atoms with Crippen molar-refractivity contribution < 1.29 is 17.7 Å². The number of amidine groups is 1. The van der Waals surface area contributed by atoms with Crippen LogP contribution in [0.3, 0.4) is 0 Å². The van der Waals surface area contributed by atoms with E-state index in [1.165, 1.54) is 19.2 Å². The van der Waals surface area contributed by atoms with Gasteiger partial charge in [-0.1, -0.05) is 0 Å². The number of nitrogens with one attached hydrogen (secondary N) is 2. The minimum atomic E-state index is -4.49. The van der Waals surface area contributed by atoms with Crippen molar-refractivity contribution in [2.45, 2.75) is 4.90 Å². The molecule has 1 aromatic carbocycles. The number of anilines is 1. The summed E-state index contributed by atoms with van der Waals surface area (Å²) >= 11 is 0. The van der Waals surface area contributed by atoms with E-state index >= 15 is 0 Å². The summed E-state index contributed by atoms with van der Waals surface area (Å²) in [4.78, 5) is -0.456. The Bertz CT molecular complexity index is 705. The summed E-state index contributed by atoms with van der Waals surface area (Å²) in [7, 11) is -3.12. The number of hydrazone groups is 1. The first kappa shape index (κ1) is 15.4. The molecule has 0 spiro atoms. The van der Waals surface area contributed by atoms with Crippen LogP contribution in [0.2, 0.25) is 0 Å². The van der Waals surface area contributed by atoms with E-state index in [0.717, 1.165) is 6.07 Å². The molecule has 0 aliphatic rings. The maximum Gasteiger partial charge on any atom is 0.296 e. The molecule has 0 heterocycles. The maximum atomic E-state index is 11.2. The van der Waals surface area contributed by atoms with Gasteiger partial charge in [0.05, 0.1) is 12.8 Å². The standard InChI is InChI=1S/C10H11N5O4S/c1-19-6-2-3-9(20(16,17)18)7(4-6)14-15-8(5-11)10(12)13/h2-4,14H,1H3,(H3,12,13)(H,16,17,18)/b15-8+. The fraction of sp³-hybridized carbons (Fsp3) is 0.100. The van der Waals surface area contributed by atoms with Crippen molar-refractivity contribution >= 4 is 27.4 Å². The monoisotopic (exact) mass is 297 g/mol.